The lowest BCUT2D eigenvalue weighted by Gasteiger charge is -2.04. The Morgan fingerprint density at radius 3 is 2.75 bits per heavy atom. The van der Waals surface area contributed by atoms with Crippen molar-refractivity contribution >= 4 is 21.9 Å². The summed E-state index contributed by atoms with van der Waals surface area (Å²) >= 11 is 3.29. The monoisotopic (exact) mass is 281 g/mol. The number of hydrogen-bond acceptors (Lipinski definition) is 4. The van der Waals surface area contributed by atoms with Crippen LogP contribution in [0, 0.1) is 0 Å². The number of halogens is 1. The Balaban J connectivity index is 1.95. The Morgan fingerprint density at radius 1 is 1.38 bits per heavy atom. The zero-order valence-corrected chi connectivity index (χ0v) is 9.79. The van der Waals surface area contributed by atoms with Crippen molar-refractivity contribution in [2.75, 3.05) is 0 Å². The molecule has 1 aromatic carbocycles. The standard InChI is InChI=1S/C10H8BrN3O2/c11-9-3-1-8(2-4-9)10(15)16-7-14-6-12-5-13-14/h1-6H,7H2. The fourth-order valence-electron chi connectivity index (χ4n) is 1.09. The number of ether oxygens (including phenoxy) is 1. The molecule has 0 saturated heterocycles. The van der Waals surface area contributed by atoms with Gasteiger partial charge in [0.15, 0.2) is 6.73 Å². The molecule has 0 aliphatic rings. The fourth-order valence-corrected chi connectivity index (χ4v) is 1.36. The average molecular weight is 282 g/mol. The Labute approximate surface area is 100 Å². The van der Waals surface area contributed by atoms with E-state index in [1.807, 2.05) is 0 Å². The molecule has 16 heavy (non-hydrogen) atoms. The molecule has 0 fully saturated rings. The normalized spacial score (nSPS) is 10.1. The van der Waals surface area contributed by atoms with Crippen LogP contribution in [0.4, 0.5) is 0 Å². The van der Waals surface area contributed by atoms with E-state index in [4.69, 9.17) is 4.74 Å². The van der Waals surface area contributed by atoms with Crippen molar-refractivity contribution in [3.05, 3.63) is 47.0 Å². The molecule has 1 aromatic heterocycles. The number of hydrogen-bond donors (Lipinski definition) is 0. The number of rotatable bonds is 3. The fraction of sp³-hybridized carbons (Fsp3) is 0.100. The Morgan fingerprint density at radius 2 is 2.12 bits per heavy atom. The van der Waals surface area contributed by atoms with Crippen LogP contribution in [0.2, 0.25) is 0 Å². The van der Waals surface area contributed by atoms with E-state index in [0.29, 0.717) is 5.56 Å². The second kappa shape index (κ2) is 4.89. The van der Waals surface area contributed by atoms with E-state index in [2.05, 4.69) is 26.0 Å². The van der Waals surface area contributed by atoms with Gasteiger partial charge in [-0.25, -0.2) is 14.5 Å². The summed E-state index contributed by atoms with van der Waals surface area (Å²) in [5.74, 6) is -0.386. The maximum atomic E-state index is 11.6. The molecule has 0 amide bonds. The minimum Gasteiger partial charge on any atom is -0.439 e. The minimum atomic E-state index is -0.386. The minimum absolute atomic E-state index is 0.0644. The van der Waals surface area contributed by atoms with Gasteiger partial charge in [0.05, 0.1) is 5.56 Å². The summed E-state index contributed by atoms with van der Waals surface area (Å²) in [7, 11) is 0. The zero-order valence-electron chi connectivity index (χ0n) is 8.21. The third-order valence-electron chi connectivity index (χ3n) is 1.87. The van der Waals surface area contributed by atoms with Crippen LogP contribution < -0.4 is 0 Å². The van der Waals surface area contributed by atoms with Crippen molar-refractivity contribution in [1.82, 2.24) is 14.8 Å². The van der Waals surface area contributed by atoms with E-state index < -0.39 is 0 Å². The van der Waals surface area contributed by atoms with Crippen molar-refractivity contribution in [2.24, 2.45) is 0 Å². The maximum absolute atomic E-state index is 11.6. The van der Waals surface area contributed by atoms with E-state index in [1.54, 1.807) is 24.3 Å². The van der Waals surface area contributed by atoms with Crippen molar-refractivity contribution in [3.63, 3.8) is 0 Å². The summed E-state index contributed by atoms with van der Waals surface area (Å²) in [4.78, 5) is 15.3. The summed E-state index contributed by atoms with van der Waals surface area (Å²) < 4.78 is 7.36. The van der Waals surface area contributed by atoms with Crippen LogP contribution in [0.1, 0.15) is 10.4 Å². The molecular formula is C10H8BrN3O2. The predicted octanol–water partition coefficient (Wildman–Crippen LogP) is 1.86. The third kappa shape index (κ3) is 2.66. The number of carbonyl (C=O) groups excluding carboxylic acids is 1. The van der Waals surface area contributed by atoms with Crippen molar-refractivity contribution in [3.8, 4) is 0 Å². The number of esters is 1. The number of aromatic nitrogens is 3. The SMILES string of the molecule is O=C(OCn1cncn1)c1ccc(Br)cc1. The molecule has 82 valence electrons. The number of benzene rings is 1. The van der Waals surface area contributed by atoms with Gasteiger partial charge in [-0.2, -0.15) is 5.10 Å². The first-order valence-electron chi connectivity index (χ1n) is 4.51. The summed E-state index contributed by atoms with van der Waals surface area (Å²) in [6.07, 6.45) is 2.86. The van der Waals surface area contributed by atoms with E-state index in [0.717, 1.165) is 4.47 Å². The molecule has 0 atom stereocenters. The van der Waals surface area contributed by atoms with E-state index in [1.165, 1.54) is 17.3 Å². The van der Waals surface area contributed by atoms with Gasteiger partial charge in [-0.05, 0) is 24.3 Å². The van der Waals surface area contributed by atoms with Crippen LogP contribution in [-0.2, 0) is 11.5 Å². The molecule has 0 aliphatic carbocycles. The van der Waals surface area contributed by atoms with Crippen LogP contribution in [-0.4, -0.2) is 20.7 Å². The lowest BCUT2D eigenvalue weighted by Crippen LogP contribution is -2.10. The topological polar surface area (TPSA) is 57.0 Å². The van der Waals surface area contributed by atoms with Gasteiger partial charge in [-0.15, -0.1) is 0 Å². The van der Waals surface area contributed by atoms with E-state index >= 15 is 0 Å². The number of carbonyl (C=O) groups is 1. The van der Waals surface area contributed by atoms with Gasteiger partial charge in [-0.3, -0.25) is 0 Å². The number of nitrogens with zero attached hydrogens (tertiary/aromatic N) is 3. The van der Waals surface area contributed by atoms with Crippen LogP contribution >= 0.6 is 15.9 Å². The van der Waals surface area contributed by atoms with Crippen molar-refractivity contribution in [1.29, 1.82) is 0 Å². The average Bonchev–Trinajstić information content (AvgIpc) is 2.80. The first kappa shape index (κ1) is 10.8. The van der Waals surface area contributed by atoms with Gasteiger partial charge in [0.25, 0.3) is 0 Å². The highest BCUT2D eigenvalue weighted by atomic mass is 79.9. The molecular weight excluding hydrogens is 274 g/mol. The van der Waals surface area contributed by atoms with E-state index in [9.17, 15) is 4.79 Å². The molecule has 0 saturated carbocycles. The predicted molar refractivity (Wildman–Crippen MR) is 59.6 cm³/mol. The Hall–Kier alpha value is -1.69. The van der Waals surface area contributed by atoms with Gasteiger partial charge in [0.2, 0.25) is 0 Å². The molecule has 0 unspecified atom stereocenters. The van der Waals surface area contributed by atoms with Gasteiger partial charge in [0.1, 0.15) is 12.7 Å². The molecule has 1 heterocycles. The second-order valence-electron chi connectivity index (χ2n) is 3.00. The summed E-state index contributed by atoms with van der Waals surface area (Å²) in [6.45, 7) is 0.0644. The van der Waals surface area contributed by atoms with Gasteiger partial charge < -0.3 is 4.74 Å². The van der Waals surface area contributed by atoms with Gasteiger partial charge >= 0.3 is 5.97 Å². The molecule has 0 N–H and O–H groups in total. The summed E-state index contributed by atoms with van der Waals surface area (Å²) in [5, 5.41) is 3.82. The molecule has 6 heteroatoms. The van der Waals surface area contributed by atoms with Crippen molar-refractivity contribution in [2.45, 2.75) is 6.73 Å². The highest BCUT2D eigenvalue weighted by molar-refractivity contribution is 9.10. The zero-order chi connectivity index (χ0) is 11.4. The summed E-state index contributed by atoms with van der Waals surface area (Å²) in [6, 6.07) is 6.94. The maximum Gasteiger partial charge on any atom is 0.339 e. The molecule has 0 radical (unpaired) electrons. The smallest absolute Gasteiger partial charge is 0.339 e. The lowest BCUT2D eigenvalue weighted by molar-refractivity contribution is 0.0349. The first-order valence-corrected chi connectivity index (χ1v) is 5.30. The molecule has 0 aliphatic heterocycles. The van der Waals surface area contributed by atoms with Gasteiger partial charge in [0, 0.05) is 4.47 Å². The van der Waals surface area contributed by atoms with Crippen LogP contribution in [0.5, 0.6) is 0 Å². The lowest BCUT2D eigenvalue weighted by atomic mass is 10.2. The molecule has 2 aromatic rings. The van der Waals surface area contributed by atoms with Gasteiger partial charge in [-0.1, -0.05) is 15.9 Å². The summed E-state index contributed by atoms with van der Waals surface area (Å²) in [5.41, 5.74) is 0.503. The van der Waals surface area contributed by atoms with Crippen LogP contribution in [0.3, 0.4) is 0 Å². The second-order valence-corrected chi connectivity index (χ2v) is 3.92. The third-order valence-corrected chi connectivity index (χ3v) is 2.40. The van der Waals surface area contributed by atoms with Crippen LogP contribution in [0.25, 0.3) is 0 Å². The van der Waals surface area contributed by atoms with Crippen LogP contribution in [0.15, 0.2) is 41.4 Å². The molecule has 0 spiro atoms. The Bertz CT molecular complexity index is 467. The quantitative estimate of drug-likeness (QED) is 0.806. The van der Waals surface area contributed by atoms with Crippen molar-refractivity contribution < 1.29 is 9.53 Å². The Kier molecular flexibility index (Phi) is 3.31. The first-order chi connectivity index (χ1) is 7.75. The molecule has 5 nitrogen and oxygen atoms in total. The molecule has 0 bridgehead atoms. The van der Waals surface area contributed by atoms with E-state index in [-0.39, 0.29) is 12.7 Å². The highest BCUT2D eigenvalue weighted by Crippen LogP contribution is 2.11. The molecule has 2 rings (SSSR count). The highest BCUT2D eigenvalue weighted by Gasteiger charge is 2.06. The largest absolute Gasteiger partial charge is 0.439 e.